The highest BCUT2D eigenvalue weighted by molar-refractivity contribution is 4.92. The molecule has 0 aliphatic heterocycles. The van der Waals surface area contributed by atoms with E-state index >= 15 is 0 Å². The van der Waals surface area contributed by atoms with Crippen LogP contribution in [-0.2, 0) is 0 Å². The summed E-state index contributed by atoms with van der Waals surface area (Å²) in [5.41, 5.74) is 0.125. The molecular weight excluding hydrogens is 198 g/mol. The summed E-state index contributed by atoms with van der Waals surface area (Å²) in [5, 5.41) is 10.3. The third kappa shape index (κ3) is 3.21. The summed E-state index contributed by atoms with van der Waals surface area (Å²) in [6, 6.07) is 0.593. The maximum Gasteiger partial charge on any atom is 0.0631 e. The second kappa shape index (κ2) is 5.50. The summed E-state index contributed by atoms with van der Waals surface area (Å²) in [4.78, 5) is 2.51. The molecule has 1 aliphatic rings. The van der Waals surface area contributed by atoms with Crippen LogP contribution < -0.4 is 0 Å². The Labute approximate surface area is 101 Å². The molecule has 0 bridgehead atoms. The highest BCUT2D eigenvalue weighted by atomic mass is 16.3. The summed E-state index contributed by atoms with van der Waals surface area (Å²) in [5.74, 6) is 0.476. The zero-order valence-electron chi connectivity index (χ0n) is 11.7. The van der Waals surface area contributed by atoms with Crippen LogP contribution in [0.4, 0.5) is 0 Å². The van der Waals surface area contributed by atoms with Gasteiger partial charge in [-0.15, -0.1) is 0 Å². The number of rotatable bonds is 5. The summed E-state index contributed by atoms with van der Waals surface area (Å²) in [6.45, 7) is 13.3. The van der Waals surface area contributed by atoms with Gasteiger partial charge in [-0.25, -0.2) is 0 Å². The van der Waals surface area contributed by atoms with Crippen LogP contribution in [0.2, 0.25) is 0 Å². The zero-order chi connectivity index (χ0) is 12.3. The molecule has 0 aromatic carbocycles. The molecule has 0 spiro atoms. The molecule has 0 saturated heterocycles. The lowest BCUT2D eigenvalue weighted by atomic mass is 9.87. The van der Waals surface area contributed by atoms with E-state index in [0.29, 0.717) is 12.0 Å². The molecule has 0 heterocycles. The van der Waals surface area contributed by atoms with Gasteiger partial charge in [0.15, 0.2) is 0 Å². The van der Waals surface area contributed by atoms with Gasteiger partial charge in [-0.2, -0.15) is 0 Å². The fourth-order valence-corrected chi connectivity index (χ4v) is 2.84. The SMILES string of the molecule is CCCN(CC1CCC(C)(C)C1O)C(C)C. The van der Waals surface area contributed by atoms with Crippen molar-refractivity contribution in [1.29, 1.82) is 0 Å². The van der Waals surface area contributed by atoms with Gasteiger partial charge in [-0.1, -0.05) is 20.8 Å². The van der Waals surface area contributed by atoms with Gasteiger partial charge in [-0.05, 0) is 51.0 Å². The maximum absolute atomic E-state index is 10.3. The molecule has 2 unspecified atom stereocenters. The van der Waals surface area contributed by atoms with Crippen LogP contribution in [0.15, 0.2) is 0 Å². The number of aliphatic hydroxyl groups is 1. The molecular formula is C14H29NO. The first-order valence-corrected chi connectivity index (χ1v) is 6.80. The summed E-state index contributed by atoms with van der Waals surface area (Å²) in [7, 11) is 0. The molecule has 0 amide bonds. The Morgan fingerprint density at radius 1 is 1.38 bits per heavy atom. The van der Waals surface area contributed by atoms with Gasteiger partial charge in [0.25, 0.3) is 0 Å². The third-order valence-electron chi connectivity index (χ3n) is 4.12. The fourth-order valence-electron chi connectivity index (χ4n) is 2.84. The van der Waals surface area contributed by atoms with E-state index in [1.54, 1.807) is 0 Å². The zero-order valence-corrected chi connectivity index (χ0v) is 11.7. The van der Waals surface area contributed by atoms with Crippen molar-refractivity contribution in [2.24, 2.45) is 11.3 Å². The van der Waals surface area contributed by atoms with Crippen molar-refractivity contribution in [1.82, 2.24) is 4.90 Å². The van der Waals surface area contributed by atoms with E-state index in [4.69, 9.17) is 0 Å². The van der Waals surface area contributed by atoms with E-state index in [2.05, 4.69) is 39.5 Å². The van der Waals surface area contributed by atoms with Crippen LogP contribution >= 0.6 is 0 Å². The molecule has 16 heavy (non-hydrogen) atoms. The van der Waals surface area contributed by atoms with E-state index in [-0.39, 0.29) is 11.5 Å². The maximum atomic E-state index is 10.3. The van der Waals surface area contributed by atoms with Crippen molar-refractivity contribution in [2.45, 2.75) is 66.0 Å². The Hall–Kier alpha value is -0.0800. The minimum atomic E-state index is -0.120. The first-order chi connectivity index (χ1) is 7.38. The number of hydrogen-bond donors (Lipinski definition) is 1. The average Bonchev–Trinajstić information content (AvgIpc) is 2.44. The van der Waals surface area contributed by atoms with Crippen molar-refractivity contribution in [3.8, 4) is 0 Å². The Balaban J connectivity index is 2.53. The van der Waals surface area contributed by atoms with Gasteiger partial charge in [0, 0.05) is 12.6 Å². The molecule has 0 aromatic rings. The molecule has 1 N–H and O–H groups in total. The number of aliphatic hydroxyl groups excluding tert-OH is 1. The lowest BCUT2D eigenvalue weighted by Crippen LogP contribution is -2.40. The Bertz CT molecular complexity index is 213. The van der Waals surface area contributed by atoms with Crippen LogP contribution in [0.25, 0.3) is 0 Å². The highest BCUT2D eigenvalue weighted by Crippen LogP contribution is 2.41. The normalized spacial score (nSPS) is 29.2. The smallest absolute Gasteiger partial charge is 0.0631 e. The predicted molar refractivity (Wildman–Crippen MR) is 69.5 cm³/mol. The van der Waals surface area contributed by atoms with E-state index in [9.17, 15) is 5.11 Å². The van der Waals surface area contributed by atoms with E-state index < -0.39 is 0 Å². The molecule has 1 aliphatic carbocycles. The minimum absolute atomic E-state index is 0.120. The van der Waals surface area contributed by atoms with Gasteiger partial charge in [-0.3, -0.25) is 0 Å². The Morgan fingerprint density at radius 2 is 2.00 bits per heavy atom. The molecule has 1 fully saturated rings. The van der Waals surface area contributed by atoms with Gasteiger partial charge in [0.05, 0.1) is 6.10 Å². The lowest BCUT2D eigenvalue weighted by Gasteiger charge is -2.32. The topological polar surface area (TPSA) is 23.5 Å². The van der Waals surface area contributed by atoms with Crippen LogP contribution in [0, 0.1) is 11.3 Å². The van der Waals surface area contributed by atoms with Gasteiger partial charge in [0.2, 0.25) is 0 Å². The van der Waals surface area contributed by atoms with E-state index in [0.717, 1.165) is 19.5 Å². The van der Waals surface area contributed by atoms with E-state index in [1.165, 1.54) is 12.8 Å². The minimum Gasteiger partial charge on any atom is -0.392 e. The molecule has 96 valence electrons. The van der Waals surface area contributed by atoms with Crippen molar-refractivity contribution in [3.63, 3.8) is 0 Å². The Morgan fingerprint density at radius 3 is 2.38 bits per heavy atom. The standard InChI is InChI=1S/C14H29NO/c1-6-9-15(11(2)3)10-12-7-8-14(4,5)13(12)16/h11-13,16H,6-10H2,1-5H3. The molecule has 2 heteroatoms. The fraction of sp³-hybridized carbons (Fsp3) is 1.00. The largest absolute Gasteiger partial charge is 0.392 e. The van der Waals surface area contributed by atoms with Crippen LogP contribution in [-0.4, -0.2) is 35.2 Å². The van der Waals surface area contributed by atoms with Crippen LogP contribution in [0.5, 0.6) is 0 Å². The van der Waals surface area contributed by atoms with Crippen molar-refractivity contribution in [2.75, 3.05) is 13.1 Å². The van der Waals surface area contributed by atoms with Crippen LogP contribution in [0.3, 0.4) is 0 Å². The van der Waals surface area contributed by atoms with Crippen LogP contribution in [0.1, 0.15) is 53.9 Å². The van der Waals surface area contributed by atoms with Gasteiger partial charge < -0.3 is 10.0 Å². The second-order valence-corrected chi connectivity index (χ2v) is 6.32. The monoisotopic (exact) mass is 227 g/mol. The average molecular weight is 227 g/mol. The van der Waals surface area contributed by atoms with Crippen molar-refractivity contribution < 1.29 is 5.11 Å². The van der Waals surface area contributed by atoms with Crippen molar-refractivity contribution >= 4 is 0 Å². The first kappa shape index (κ1) is 14.0. The highest BCUT2D eigenvalue weighted by Gasteiger charge is 2.41. The van der Waals surface area contributed by atoms with Crippen molar-refractivity contribution in [3.05, 3.63) is 0 Å². The quantitative estimate of drug-likeness (QED) is 0.780. The summed E-state index contributed by atoms with van der Waals surface area (Å²) >= 11 is 0. The second-order valence-electron chi connectivity index (χ2n) is 6.32. The molecule has 1 rings (SSSR count). The molecule has 1 saturated carbocycles. The number of nitrogens with zero attached hydrogens (tertiary/aromatic N) is 1. The molecule has 2 nitrogen and oxygen atoms in total. The van der Waals surface area contributed by atoms with Gasteiger partial charge >= 0.3 is 0 Å². The third-order valence-corrected chi connectivity index (χ3v) is 4.12. The predicted octanol–water partition coefficient (Wildman–Crippen LogP) is 2.90. The number of hydrogen-bond acceptors (Lipinski definition) is 2. The molecule has 2 atom stereocenters. The summed E-state index contributed by atoms with van der Waals surface area (Å²) in [6.07, 6.45) is 3.42. The summed E-state index contributed by atoms with van der Waals surface area (Å²) < 4.78 is 0. The Kier molecular flexibility index (Phi) is 4.81. The lowest BCUT2D eigenvalue weighted by molar-refractivity contribution is 0.0285. The van der Waals surface area contributed by atoms with Gasteiger partial charge in [0.1, 0.15) is 0 Å². The first-order valence-electron chi connectivity index (χ1n) is 6.80. The molecule has 0 aromatic heterocycles. The van der Waals surface area contributed by atoms with E-state index in [1.807, 2.05) is 0 Å². The molecule has 0 radical (unpaired) electrons.